The van der Waals surface area contributed by atoms with E-state index in [1.54, 1.807) is 18.2 Å². The Labute approximate surface area is 212 Å². The van der Waals surface area contributed by atoms with Crippen molar-refractivity contribution in [1.29, 1.82) is 0 Å². The van der Waals surface area contributed by atoms with Crippen molar-refractivity contribution >= 4 is 23.1 Å². The van der Waals surface area contributed by atoms with Gasteiger partial charge in [-0.25, -0.2) is 8.78 Å². The number of Topliss-reactive ketones (excluding diaryl/α,β-unsaturated/α-hetero) is 1. The number of ketones is 1. The first-order valence-corrected chi connectivity index (χ1v) is 11.4. The van der Waals surface area contributed by atoms with Crippen LogP contribution < -0.4 is 14.4 Å². The van der Waals surface area contributed by atoms with Gasteiger partial charge >= 0.3 is 0 Å². The first-order valence-electron chi connectivity index (χ1n) is 11.4. The van der Waals surface area contributed by atoms with Crippen LogP contribution in [0.4, 0.5) is 14.5 Å². The minimum atomic E-state index is -1.26. The summed E-state index contributed by atoms with van der Waals surface area (Å²) in [4.78, 5) is 27.5. The van der Waals surface area contributed by atoms with E-state index in [0.717, 1.165) is 28.7 Å². The summed E-state index contributed by atoms with van der Waals surface area (Å²) in [6.07, 6.45) is 0. The van der Waals surface area contributed by atoms with E-state index >= 15 is 0 Å². The molecule has 3 aromatic carbocycles. The molecule has 0 bridgehead atoms. The molecule has 1 aliphatic rings. The first-order chi connectivity index (χ1) is 17.6. The summed E-state index contributed by atoms with van der Waals surface area (Å²) in [5.74, 6) is -4.41. The minimum absolute atomic E-state index is 0.0154. The fraction of sp³-hybridized carbons (Fsp3) is 0.214. The van der Waals surface area contributed by atoms with E-state index in [2.05, 4.69) is 0 Å². The molecule has 1 saturated heterocycles. The molecule has 1 aliphatic heterocycles. The van der Waals surface area contributed by atoms with Crippen molar-refractivity contribution in [2.24, 2.45) is 0 Å². The number of halogens is 2. The van der Waals surface area contributed by atoms with E-state index < -0.39 is 35.1 Å². The number of rotatable bonds is 6. The number of carbonyl (C=O) groups is 2. The third-order valence-electron chi connectivity index (χ3n) is 6.27. The maximum absolute atomic E-state index is 14.1. The maximum Gasteiger partial charge on any atom is 0.300 e. The lowest BCUT2D eigenvalue weighted by Crippen LogP contribution is -2.29. The zero-order valence-corrected chi connectivity index (χ0v) is 20.6. The Morgan fingerprint density at radius 1 is 0.919 bits per heavy atom. The van der Waals surface area contributed by atoms with Gasteiger partial charge in [0.2, 0.25) is 0 Å². The van der Waals surface area contributed by atoms with Crippen molar-refractivity contribution in [3.8, 4) is 17.2 Å². The quantitative estimate of drug-likeness (QED) is 0.261. The summed E-state index contributed by atoms with van der Waals surface area (Å²) < 4.78 is 38.3. The van der Waals surface area contributed by atoms with E-state index in [4.69, 9.17) is 9.47 Å². The number of phenolic OH excluding ortho intramolecular Hbond substituents is 1. The molecule has 4 rings (SSSR count). The molecule has 9 heteroatoms. The smallest absolute Gasteiger partial charge is 0.300 e. The predicted octanol–water partition coefficient (Wildman–Crippen LogP) is 5.44. The Bertz CT molecular complexity index is 1430. The fourth-order valence-electron chi connectivity index (χ4n) is 4.41. The normalized spacial score (nSPS) is 16.9. The number of benzene rings is 3. The summed E-state index contributed by atoms with van der Waals surface area (Å²) in [6.45, 7) is 3.87. The molecule has 7 nitrogen and oxygen atoms in total. The number of hydrogen-bond acceptors (Lipinski definition) is 6. The van der Waals surface area contributed by atoms with Crippen molar-refractivity contribution in [3.05, 3.63) is 88.5 Å². The van der Waals surface area contributed by atoms with Crippen LogP contribution in [-0.2, 0) is 9.59 Å². The molecule has 0 spiro atoms. The lowest BCUT2D eigenvalue weighted by molar-refractivity contribution is -0.132. The summed E-state index contributed by atoms with van der Waals surface area (Å²) >= 11 is 0. The van der Waals surface area contributed by atoms with Crippen LogP contribution >= 0.6 is 0 Å². The molecule has 192 valence electrons. The van der Waals surface area contributed by atoms with Gasteiger partial charge in [0.1, 0.15) is 11.5 Å². The summed E-state index contributed by atoms with van der Waals surface area (Å²) in [5.41, 5.74) is 0.883. The number of aromatic hydroxyl groups is 1. The first kappa shape index (κ1) is 25.7. The van der Waals surface area contributed by atoms with E-state index in [9.17, 15) is 28.6 Å². The van der Waals surface area contributed by atoms with E-state index in [1.807, 2.05) is 13.8 Å². The van der Waals surface area contributed by atoms with Gasteiger partial charge in [0.15, 0.2) is 23.1 Å². The van der Waals surface area contributed by atoms with E-state index in [-0.39, 0.29) is 39.8 Å². The molecule has 0 radical (unpaired) electrons. The van der Waals surface area contributed by atoms with Gasteiger partial charge in [0.25, 0.3) is 11.7 Å². The van der Waals surface area contributed by atoms with Crippen LogP contribution in [0.15, 0.2) is 60.2 Å². The monoisotopic (exact) mass is 509 g/mol. The summed E-state index contributed by atoms with van der Waals surface area (Å²) in [7, 11) is 2.88. The number of carbonyl (C=O) groups excluding carboxylic acids is 2. The van der Waals surface area contributed by atoms with Crippen LogP contribution in [-0.4, -0.2) is 36.1 Å². The molecule has 1 atom stereocenters. The molecule has 1 amide bonds. The lowest BCUT2D eigenvalue weighted by Gasteiger charge is -2.26. The number of anilines is 1. The van der Waals surface area contributed by atoms with Crippen LogP contribution in [0.25, 0.3) is 5.76 Å². The van der Waals surface area contributed by atoms with Gasteiger partial charge in [-0.2, -0.15) is 0 Å². The highest BCUT2D eigenvalue weighted by Gasteiger charge is 2.47. The van der Waals surface area contributed by atoms with Gasteiger partial charge in [-0.1, -0.05) is 19.9 Å². The maximum atomic E-state index is 14.1. The average molecular weight is 510 g/mol. The van der Waals surface area contributed by atoms with Gasteiger partial charge in [0.05, 0.1) is 25.8 Å². The van der Waals surface area contributed by atoms with Crippen molar-refractivity contribution in [2.75, 3.05) is 19.1 Å². The number of aliphatic hydroxyl groups is 1. The Balaban J connectivity index is 1.98. The molecular formula is C28H25F2NO6. The average Bonchev–Trinajstić information content (AvgIpc) is 3.14. The Hall–Kier alpha value is -4.40. The van der Waals surface area contributed by atoms with E-state index in [0.29, 0.717) is 5.75 Å². The third kappa shape index (κ3) is 4.48. The van der Waals surface area contributed by atoms with Crippen LogP contribution in [0, 0.1) is 11.6 Å². The predicted molar refractivity (Wildman–Crippen MR) is 133 cm³/mol. The van der Waals surface area contributed by atoms with Gasteiger partial charge in [-0.3, -0.25) is 14.5 Å². The van der Waals surface area contributed by atoms with Crippen molar-refractivity contribution in [3.63, 3.8) is 0 Å². The number of ether oxygens (including phenoxy) is 2. The molecule has 2 N–H and O–H groups in total. The molecule has 0 saturated carbocycles. The van der Waals surface area contributed by atoms with Crippen LogP contribution in [0.5, 0.6) is 17.2 Å². The fourth-order valence-corrected chi connectivity index (χ4v) is 4.41. The molecule has 1 fully saturated rings. The molecule has 0 aromatic heterocycles. The summed E-state index contributed by atoms with van der Waals surface area (Å²) in [5, 5.41) is 21.8. The molecule has 3 aromatic rings. The zero-order chi connectivity index (χ0) is 27.0. The molecular weight excluding hydrogens is 484 g/mol. The number of methoxy groups -OCH3 is 2. The van der Waals surface area contributed by atoms with Gasteiger partial charge in [0, 0.05) is 17.3 Å². The second-order valence-corrected chi connectivity index (χ2v) is 8.81. The number of hydrogen-bond donors (Lipinski definition) is 2. The van der Waals surface area contributed by atoms with Crippen LogP contribution in [0.1, 0.15) is 42.5 Å². The van der Waals surface area contributed by atoms with Crippen molar-refractivity contribution in [1.82, 2.24) is 0 Å². The zero-order valence-electron chi connectivity index (χ0n) is 20.6. The highest BCUT2D eigenvalue weighted by atomic mass is 19.2. The number of phenols is 1. The lowest BCUT2D eigenvalue weighted by atomic mass is 9.93. The van der Waals surface area contributed by atoms with Crippen molar-refractivity contribution in [2.45, 2.75) is 25.8 Å². The molecule has 1 unspecified atom stereocenters. The van der Waals surface area contributed by atoms with E-state index in [1.165, 1.54) is 32.4 Å². The number of aliphatic hydroxyl groups excluding tert-OH is 1. The minimum Gasteiger partial charge on any atom is -0.507 e. The summed E-state index contributed by atoms with van der Waals surface area (Å²) in [6, 6.07) is 10.6. The highest BCUT2D eigenvalue weighted by molar-refractivity contribution is 6.51. The second kappa shape index (κ2) is 9.93. The molecule has 0 aliphatic carbocycles. The number of nitrogens with zero attached hydrogens (tertiary/aromatic N) is 1. The SMILES string of the molecule is COc1ccc(C2/C(=C(/O)c3ccc(OC)c(C(C)C)c3)C(=O)C(=O)N2c2ccc(F)c(F)c2)cc1O. The Kier molecular flexibility index (Phi) is 6.89. The van der Waals surface area contributed by atoms with Gasteiger partial charge < -0.3 is 19.7 Å². The van der Waals surface area contributed by atoms with Gasteiger partial charge in [-0.15, -0.1) is 0 Å². The van der Waals surface area contributed by atoms with Gasteiger partial charge in [-0.05, 0) is 59.5 Å². The standard InChI is InChI=1S/C28H25F2NO6/c1-14(2)18-11-16(6-9-22(18)36-3)26(33)24-25(15-5-10-23(37-4)21(32)12-15)31(28(35)27(24)34)17-7-8-19(29)20(30)13-17/h5-14,25,32-33H,1-4H3/b26-24-. The Morgan fingerprint density at radius 3 is 2.19 bits per heavy atom. The molecule has 1 heterocycles. The number of amides is 1. The largest absolute Gasteiger partial charge is 0.507 e. The third-order valence-corrected chi connectivity index (χ3v) is 6.27. The highest BCUT2D eigenvalue weighted by Crippen LogP contribution is 2.44. The topological polar surface area (TPSA) is 96.3 Å². The van der Waals surface area contributed by atoms with Crippen molar-refractivity contribution < 1.29 is 38.1 Å². The Morgan fingerprint density at radius 2 is 1.59 bits per heavy atom. The van der Waals surface area contributed by atoms with Crippen LogP contribution in [0.3, 0.4) is 0 Å². The van der Waals surface area contributed by atoms with Crippen LogP contribution in [0.2, 0.25) is 0 Å². The molecule has 37 heavy (non-hydrogen) atoms. The second-order valence-electron chi connectivity index (χ2n) is 8.81.